The van der Waals surface area contributed by atoms with Crippen molar-refractivity contribution in [2.24, 2.45) is 0 Å². The fourth-order valence-electron chi connectivity index (χ4n) is 1.86. The number of hydrogen-bond donors (Lipinski definition) is 1. The molecule has 0 bridgehead atoms. The van der Waals surface area contributed by atoms with Gasteiger partial charge in [-0.25, -0.2) is 0 Å². The molecule has 0 unspecified atom stereocenters. The Bertz CT molecular complexity index is 684. The molecule has 0 aliphatic carbocycles. The van der Waals surface area contributed by atoms with E-state index in [0.29, 0.717) is 22.2 Å². The van der Waals surface area contributed by atoms with Crippen LogP contribution in [0.1, 0.15) is 5.56 Å². The summed E-state index contributed by atoms with van der Waals surface area (Å²) in [6.07, 6.45) is 3.17. The van der Waals surface area contributed by atoms with Crippen LogP contribution in [0.15, 0.2) is 48.5 Å². The van der Waals surface area contributed by atoms with Gasteiger partial charge in [0.15, 0.2) is 11.5 Å². The van der Waals surface area contributed by atoms with Gasteiger partial charge in [0.25, 0.3) is 0 Å². The first kappa shape index (κ1) is 15.9. The van der Waals surface area contributed by atoms with Crippen LogP contribution in [-0.4, -0.2) is 20.1 Å². The summed E-state index contributed by atoms with van der Waals surface area (Å²) in [5.41, 5.74) is 1.40. The maximum Gasteiger partial charge on any atom is 0.248 e. The molecule has 0 aliphatic heterocycles. The van der Waals surface area contributed by atoms with E-state index in [-0.39, 0.29) is 5.91 Å². The number of rotatable bonds is 5. The quantitative estimate of drug-likeness (QED) is 0.848. The highest BCUT2D eigenvalue weighted by Gasteiger charge is 2.11. The van der Waals surface area contributed by atoms with Crippen LogP contribution in [0.3, 0.4) is 0 Å². The minimum Gasteiger partial charge on any atom is -0.493 e. The van der Waals surface area contributed by atoms with E-state index in [1.54, 1.807) is 18.2 Å². The van der Waals surface area contributed by atoms with Crippen LogP contribution in [0.25, 0.3) is 6.08 Å². The number of nitrogens with one attached hydrogen (secondary N) is 1. The topological polar surface area (TPSA) is 47.6 Å². The SMILES string of the molecule is COc1cc(Cl)c(NC(=O)C=Cc2ccccc2)cc1OC. The van der Waals surface area contributed by atoms with E-state index in [2.05, 4.69) is 5.32 Å². The van der Waals surface area contributed by atoms with Gasteiger partial charge in [0, 0.05) is 18.2 Å². The Morgan fingerprint density at radius 2 is 1.73 bits per heavy atom. The van der Waals surface area contributed by atoms with Crippen LogP contribution >= 0.6 is 11.6 Å². The number of benzene rings is 2. The van der Waals surface area contributed by atoms with E-state index >= 15 is 0 Å². The third-order valence-corrected chi connectivity index (χ3v) is 3.27. The normalized spacial score (nSPS) is 10.5. The molecule has 1 amide bonds. The Balaban J connectivity index is 2.13. The lowest BCUT2D eigenvalue weighted by molar-refractivity contribution is -0.111. The molecule has 22 heavy (non-hydrogen) atoms. The summed E-state index contributed by atoms with van der Waals surface area (Å²) < 4.78 is 10.3. The molecule has 0 aliphatic rings. The van der Waals surface area contributed by atoms with E-state index in [0.717, 1.165) is 5.56 Å². The fraction of sp³-hybridized carbons (Fsp3) is 0.118. The van der Waals surface area contributed by atoms with E-state index in [4.69, 9.17) is 21.1 Å². The van der Waals surface area contributed by atoms with Gasteiger partial charge in [-0.3, -0.25) is 4.79 Å². The van der Waals surface area contributed by atoms with E-state index in [1.165, 1.54) is 20.3 Å². The summed E-state index contributed by atoms with van der Waals surface area (Å²) in [6.45, 7) is 0. The number of ether oxygens (including phenoxy) is 2. The van der Waals surface area contributed by atoms with E-state index in [1.807, 2.05) is 30.3 Å². The van der Waals surface area contributed by atoms with Crippen LogP contribution in [-0.2, 0) is 4.79 Å². The van der Waals surface area contributed by atoms with Gasteiger partial charge in [0.1, 0.15) is 0 Å². The van der Waals surface area contributed by atoms with Crippen molar-refractivity contribution in [1.82, 2.24) is 0 Å². The Kier molecular flexibility index (Phi) is 5.44. The van der Waals surface area contributed by atoms with Gasteiger partial charge in [0.05, 0.1) is 24.9 Å². The predicted octanol–water partition coefficient (Wildman–Crippen LogP) is 4.01. The monoisotopic (exact) mass is 317 g/mol. The van der Waals surface area contributed by atoms with Gasteiger partial charge in [-0.2, -0.15) is 0 Å². The van der Waals surface area contributed by atoms with Gasteiger partial charge in [-0.1, -0.05) is 41.9 Å². The van der Waals surface area contributed by atoms with Gasteiger partial charge in [-0.15, -0.1) is 0 Å². The summed E-state index contributed by atoms with van der Waals surface area (Å²) in [4.78, 5) is 12.0. The third-order valence-electron chi connectivity index (χ3n) is 2.96. The second-order valence-corrected chi connectivity index (χ2v) is 4.83. The highest BCUT2D eigenvalue weighted by Crippen LogP contribution is 2.35. The molecular weight excluding hydrogens is 302 g/mol. The molecule has 2 aromatic rings. The number of halogens is 1. The van der Waals surface area contributed by atoms with Crippen molar-refractivity contribution >= 4 is 29.3 Å². The molecule has 1 N–H and O–H groups in total. The summed E-state index contributed by atoms with van der Waals surface area (Å²) >= 11 is 6.12. The van der Waals surface area contributed by atoms with Crippen molar-refractivity contribution in [2.75, 3.05) is 19.5 Å². The number of carbonyl (C=O) groups excluding carboxylic acids is 1. The minimum absolute atomic E-state index is 0.280. The molecule has 5 heteroatoms. The molecule has 0 saturated carbocycles. The second-order valence-electron chi connectivity index (χ2n) is 4.42. The molecule has 2 rings (SSSR count). The number of amides is 1. The van der Waals surface area contributed by atoms with Crippen molar-refractivity contribution in [3.63, 3.8) is 0 Å². The lowest BCUT2D eigenvalue weighted by Gasteiger charge is -2.11. The van der Waals surface area contributed by atoms with Gasteiger partial charge >= 0.3 is 0 Å². The first-order chi connectivity index (χ1) is 10.6. The molecule has 0 fully saturated rings. The zero-order chi connectivity index (χ0) is 15.9. The summed E-state index contributed by atoms with van der Waals surface area (Å²) in [7, 11) is 3.04. The van der Waals surface area contributed by atoms with Crippen molar-refractivity contribution in [2.45, 2.75) is 0 Å². The summed E-state index contributed by atoms with van der Waals surface area (Å²) in [5.74, 6) is 0.720. The molecule has 0 radical (unpaired) electrons. The molecule has 0 heterocycles. The molecule has 0 spiro atoms. The lowest BCUT2D eigenvalue weighted by atomic mass is 10.2. The minimum atomic E-state index is -0.280. The van der Waals surface area contributed by atoms with Crippen molar-refractivity contribution in [3.05, 3.63) is 59.1 Å². The third kappa shape index (κ3) is 4.02. The number of anilines is 1. The molecule has 0 saturated heterocycles. The second kappa shape index (κ2) is 7.52. The van der Waals surface area contributed by atoms with Crippen LogP contribution < -0.4 is 14.8 Å². The predicted molar refractivity (Wildman–Crippen MR) is 88.7 cm³/mol. The molecule has 2 aromatic carbocycles. The number of hydrogen-bond acceptors (Lipinski definition) is 3. The highest BCUT2D eigenvalue weighted by atomic mass is 35.5. The molecular formula is C17H16ClNO3. The molecule has 0 atom stereocenters. The zero-order valence-corrected chi connectivity index (χ0v) is 13.1. The maximum atomic E-state index is 12.0. The summed E-state index contributed by atoms with van der Waals surface area (Å²) in [5, 5.41) is 3.09. The van der Waals surface area contributed by atoms with Crippen LogP contribution in [0, 0.1) is 0 Å². The molecule has 4 nitrogen and oxygen atoms in total. The fourth-order valence-corrected chi connectivity index (χ4v) is 2.06. The van der Waals surface area contributed by atoms with Gasteiger partial charge in [-0.05, 0) is 11.6 Å². The average Bonchev–Trinajstić information content (AvgIpc) is 2.55. The van der Waals surface area contributed by atoms with Crippen molar-refractivity contribution in [3.8, 4) is 11.5 Å². The number of carbonyl (C=O) groups is 1. The number of methoxy groups -OCH3 is 2. The van der Waals surface area contributed by atoms with Crippen LogP contribution in [0.5, 0.6) is 11.5 Å². The maximum absolute atomic E-state index is 12.0. The van der Waals surface area contributed by atoms with Crippen molar-refractivity contribution < 1.29 is 14.3 Å². The highest BCUT2D eigenvalue weighted by molar-refractivity contribution is 6.34. The van der Waals surface area contributed by atoms with Gasteiger partial charge in [0.2, 0.25) is 5.91 Å². The first-order valence-corrected chi connectivity index (χ1v) is 6.97. The standard InChI is InChI=1S/C17H16ClNO3/c1-21-15-10-13(18)14(11-16(15)22-2)19-17(20)9-8-12-6-4-3-5-7-12/h3-11H,1-2H3,(H,19,20). The summed E-state index contributed by atoms with van der Waals surface area (Å²) in [6, 6.07) is 12.8. The largest absolute Gasteiger partial charge is 0.493 e. The molecule has 114 valence electrons. The zero-order valence-electron chi connectivity index (χ0n) is 12.3. The Labute approximate surface area is 134 Å². The Morgan fingerprint density at radius 1 is 1.09 bits per heavy atom. The average molecular weight is 318 g/mol. The molecule has 0 aromatic heterocycles. The van der Waals surface area contributed by atoms with Gasteiger partial charge < -0.3 is 14.8 Å². The van der Waals surface area contributed by atoms with E-state index in [9.17, 15) is 4.79 Å². The Hall–Kier alpha value is -2.46. The first-order valence-electron chi connectivity index (χ1n) is 6.59. The smallest absolute Gasteiger partial charge is 0.248 e. The van der Waals surface area contributed by atoms with E-state index < -0.39 is 0 Å². The Morgan fingerprint density at radius 3 is 2.36 bits per heavy atom. The van der Waals surface area contributed by atoms with Crippen LogP contribution in [0.2, 0.25) is 5.02 Å². The van der Waals surface area contributed by atoms with Crippen molar-refractivity contribution in [1.29, 1.82) is 0 Å². The van der Waals surface area contributed by atoms with Crippen LogP contribution in [0.4, 0.5) is 5.69 Å². The lowest BCUT2D eigenvalue weighted by Crippen LogP contribution is -2.08.